The van der Waals surface area contributed by atoms with Crippen LogP contribution in [-0.4, -0.2) is 49.2 Å². The minimum atomic E-state index is -0.609. The lowest BCUT2D eigenvalue weighted by Crippen LogP contribution is -2.33. The molecular weight excluding hydrogens is 344 g/mol. The first-order valence-electron chi connectivity index (χ1n) is 8.50. The molecule has 1 N–H and O–H groups in total. The van der Waals surface area contributed by atoms with Gasteiger partial charge in [-0.2, -0.15) is 0 Å². The molecule has 1 aromatic carbocycles. The van der Waals surface area contributed by atoms with Gasteiger partial charge in [0.2, 0.25) is 0 Å². The summed E-state index contributed by atoms with van der Waals surface area (Å²) < 4.78 is 18.5. The van der Waals surface area contributed by atoms with Crippen LogP contribution >= 0.6 is 11.6 Å². The second kappa shape index (κ2) is 6.61. The number of hydrogen-bond donors (Lipinski definition) is 1. The molecule has 2 aliphatic heterocycles. The standard InChI is InChI=1S/C18H21ClN2O4/c1-18(24-7-8-25-18)5-6-20-17(22)13-9-21(12-10-23-11-12)15-4-2-3-14(19)16(13)15/h2-4,9,12H,5-8,10-11H2,1H3,(H,20,22). The van der Waals surface area contributed by atoms with Gasteiger partial charge in [-0.25, -0.2) is 0 Å². The minimum Gasteiger partial charge on any atom is -0.377 e. The second-order valence-corrected chi connectivity index (χ2v) is 7.02. The molecule has 134 valence electrons. The van der Waals surface area contributed by atoms with E-state index in [2.05, 4.69) is 9.88 Å². The molecule has 0 atom stereocenters. The van der Waals surface area contributed by atoms with Gasteiger partial charge in [-0.3, -0.25) is 4.79 Å². The molecular formula is C18H21ClN2O4. The zero-order valence-electron chi connectivity index (χ0n) is 14.1. The molecule has 0 radical (unpaired) electrons. The minimum absolute atomic E-state index is 0.140. The van der Waals surface area contributed by atoms with Gasteiger partial charge in [-0.1, -0.05) is 17.7 Å². The maximum Gasteiger partial charge on any atom is 0.253 e. The summed E-state index contributed by atoms with van der Waals surface area (Å²) in [4.78, 5) is 12.7. The van der Waals surface area contributed by atoms with Gasteiger partial charge in [-0.15, -0.1) is 0 Å². The maximum atomic E-state index is 12.7. The van der Waals surface area contributed by atoms with Crippen molar-refractivity contribution in [3.05, 3.63) is 35.0 Å². The quantitative estimate of drug-likeness (QED) is 0.886. The third-order valence-electron chi connectivity index (χ3n) is 4.83. The number of rotatable bonds is 5. The van der Waals surface area contributed by atoms with E-state index >= 15 is 0 Å². The van der Waals surface area contributed by atoms with Crippen molar-refractivity contribution < 1.29 is 19.0 Å². The number of fused-ring (bicyclic) bond motifs is 1. The Morgan fingerprint density at radius 1 is 1.36 bits per heavy atom. The first kappa shape index (κ1) is 16.8. The molecule has 25 heavy (non-hydrogen) atoms. The van der Waals surface area contributed by atoms with Gasteiger partial charge < -0.3 is 24.1 Å². The van der Waals surface area contributed by atoms with Crippen molar-refractivity contribution in [2.75, 3.05) is 33.0 Å². The normalized spacial score (nSPS) is 19.9. The van der Waals surface area contributed by atoms with Crippen molar-refractivity contribution >= 4 is 28.4 Å². The molecule has 2 saturated heterocycles. The lowest BCUT2D eigenvalue weighted by molar-refractivity contribution is -0.145. The topological polar surface area (TPSA) is 61.7 Å². The van der Waals surface area contributed by atoms with Crippen molar-refractivity contribution in [1.29, 1.82) is 0 Å². The Kier molecular flexibility index (Phi) is 4.45. The lowest BCUT2D eigenvalue weighted by Gasteiger charge is -2.28. The lowest BCUT2D eigenvalue weighted by atomic mass is 10.1. The largest absolute Gasteiger partial charge is 0.377 e. The fraction of sp³-hybridized carbons (Fsp3) is 0.500. The highest BCUT2D eigenvalue weighted by Crippen LogP contribution is 2.32. The number of benzene rings is 1. The number of carbonyl (C=O) groups excluding carboxylic acids is 1. The van der Waals surface area contributed by atoms with E-state index in [1.54, 1.807) is 0 Å². The zero-order chi connectivity index (χ0) is 17.4. The van der Waals surface area contributed by atoms with Crippen molar-refractivity contribution in [3.8, 4) is 0 Å². The molecule has 1 aromatic heterocycles. The van der Waals surface area contributed by atoms with Gasteiger partial charge in [0.25, 0.3) is 5.91 Å². The predicted molar refractivity (Wildman–Crippen MR) is 94.1 cm³/mol. The molecule has 0 bridgehead atoms. The van der Waals surface area contributed by atoms with Crippen LogP contribution in [0.4, 0.5) is 0 Å². The molecule has 1 amide bonds. The van der Waals surface area contributed by atoms with Crippen LogP contribution in [0.3, 0.4) is 0 Å². The van der Waals surface area contributed by atoms with Gasteiger partial charge >= 0.3 is 0 Å². The highest BCUT2D eigenvalue weighted by atomic mass is 35.5. The molecule has 2 aliphatic rings. The summed E-state index contributed by atoms with van der Waals surface area (Å²) >= 11 is 6.38. The van der Waals surface area contributed by atoms with E-state index in [1.165, 1.54) is 0 Å². The van der Waals surface area contributed by atoms with Crippen LogP contribution < -0.4 is 5.32 Å². The van der Waals surface area contributed by atoms with Crippen molar-refractivity contribution in [3.63, 3.8) is 0 Å². The number of aromatic nitrogens is 1. The number of nitrogens with one attached hydrogen (secondary N) is 1. The van der Waals surface area contributed by atoms with Crippen molar-refractivity contribution in [2.24, 2.45) is 0 Å². The van der Waals surface area contributed by atoms with Gasteiger partial charge in [0, 0.05) is 24.5 Å². The number of carbonyl (C=O) groups is 1. The highest BCUT2D eigenvalue weighted by molar-refractivity contribution is 6.36. The van der Waals surface area contributed by atoms with Crippen LogP contribution in [-0.2, 0) is 14.2 Å². The van der Waals surface area contributed by atoms with Crippen LogP contribution in [0, 0.1) is 0 Å². The Morgan fingerprint density at radius 2 is 2.12 bits per heavy atom. The molecule has 2 fully saturated rings. The van der Waals surface area contributed by atoms with E-state index in [-0.39, 0.29) is 11.9 Å². The smallest absolute Gasteiger partial charge is 0.253 e. The fourth-order valence-corrected chi connectivity index (χ4v) is 3.60. The molecule has 0 saturated carbocycles. The van der Waals surface area contributed by atoms with E-state index < -0.39 is 5.79 Å². The summed E-state index contributed by atoms with van der Waals surface area (Å²) in [6, 6.07) is 5.95. The summed E-state index contributed by atoms with van der Waals surface area (Å²) in [7, 11) is 0. The highest BCUT2D eigenvalue weighted by Gasteiger charge is 2.31. The maximum absolute atomic E-state index is 12.7. The number of ether oxygens (including phenoxy) is 3. The van der Waals surface area contributed by atoms with Gasteiger partial charge in [0.05, 0.1) is 48.6 Å². The average molecular weight is 365 g/mol. The average Bonchev–Trinajstić information content (AvgIpc) is 3.12. The van der Waals surface area contributed by atoms with E-state index in [0.29, 0.717) is 50.0 Å². The Balaban J connectivity index is 1.54. The molecule has 0 spiro atoms. The van der Waals surface area contributed by atoms with Crippen LogP contribution in [0.15, 0.2) is 24.4 Å². The Morgan fingerprint density at radius 3 is 2.80 bits per heavy atom. The number of nitrogens with zero attached hydrogens (tertiary/aromatic N) is 1. The van der Waals surface area contributed by atoms with Gasteiger partial charge in [0.1, 0.15) is 0 Å². The Hall–Kier alpha value is -1.60. The number of hydrogen-bond acceptors (Lipinski definition) is 4. The van der Waals surface area contributed by atoms with E-state index in [4.69, 9.17) is 25.8 Å². The predicted octanol–water partition coefficient (Wildman–Crippen LogP) is 2.75. The van der Waals surface area contributed by atoms with E-state index in [9.17, 15) is 4.79 Å². The van der Waals surface area contributed by atoms with Crippen molar-refractivity contribution in [2.45, 2.75) is 25.2 Å². The van der Waals surface area contributed by atoms with Crippen LogP contribution in [0.1, 0.15) is 29.7 Å². The summed E-state index contributed by atoms with van der Waals surface area (Å²) in [6.45, 7) is 4.87. The Bertz CT molecular complexity index is 794. The molecule has 7 heteroatoms. The molecule has 0 aliphatic carbocycles. The number of halogens is 1. The summed E-state index contributed by atoms with van der Waals surface area (Å²) in [5, 5.41) is 4.32. The van der Waals surface area contributed by atoms with Crippen molar-refractivity contribution in [1.82, 2.24) is 9.88 Å². The number of amides is 1. The summed E-state index contributed by atoms with van der Waals surface area (Å²) in [5.74, 6) is -0.749. The molecule has 3 heterocycles. The van der Waals surface area contributed by atoms with Crippen LogP contribution in [0.2, 0.25) is 5.02 Å². The summed E-state index contributed by atoms with van der Waals surface area (Å²) in [5.41, 5.74) is 1.55. The zero-order valence-corrected chi connectivity index (χ0v) is 14.8. The van der Waals surface area contributed by atoms with Gasteiger partial charge in [-0.05, 0) is 19.1 Å². The molecule has 6 nitrogen and oxygen atoms in total. The van der Waals surface area contributed by atoms with E-state index in [0.717, 1.165) is 10.9 Å². The first-order valence-corrected chi connectivity index (χ1v) is 8.88. The van der Waals surface area contributed by atoms with Crippen LogP contribution in [0.5, 0.6) is 0 Å². The monoisotopic (exact) mass is 364 g/mol. The SMILES string of the molecule is CC1(CCNC(=O)c2cn(C3COC3)c3cccc(Cl)c23)OCCO1. The molecule has 0 unspecified atom stereocenters. The van der Waals surface area contributed by atoms with E-state index in [1.807, 2.05) is 31.3 Å². The Labute approximate surface area is 151 Å². The second-order valence-electron chi connectivity index (χ2n) is 6.61. The summed E-state index contributed by atoms with van der Waals surface area (Å²) in [6.07, 6.45) is 2.48. The fourth-order valence-electron chi connectivity index (χ4n) is 3.33. The van der Waals surface area contributed by atoms with Gasteiger partial charge in [0.15, 0.2) is 5.79 Å². The third-order valence-corrected chi connectivity index (χ3v) is 5.14. The third kappa shape index (κ3) is 3.15. The molecule has 4 rings (SSSR count). The molecule has 2 aromatic rings. The van der Waals surface area contributed by atoms with Crippen LogP contribution in [0.25, 0.3) is 10.9 Å². The first-order chi connectivity index (χ1) is 12.1.